The molecule has 1 fully saturated rings. The topological polar surface area (TPSA) is 38.0 Å². The lowest BCUT2D eigenvalue weighted by Crippen LogP contribution is -2.55. The molecule has 1 aromatic rings. The van der Waals surface area contributed by atoms with Gasteiger partial charge in [-0.15, -0.1) is 0 Å². The molecule has 0 aromatic heterocycles. The molecule has 1 saturated carbocycles. The average Bonchev–Trinajstić information content (AvgIpc) is 2.28. The second-order valence-electron chi connectivity index (χ2n) is 7.95. The van der Waals surface area contributed by atoms with Gasteiger partial charge < -0.3 is 11.1 Å². The van der Waals surface area contributed by atoms with Crippen molar-refractivity contribution in [2.24, 2.45) is 16.6 Å². The first kappa shape index (κ1) is 15.8. The molecule has 0 spiro atoms. The smallest absolute Gasteiger partial charge is 0.0506 e. The maximum absolute atomic E-state index is 6.20. The van der Waals surface area contributed by atoms with E-state index >= 15 is 0 Å². The van der Waals surface area contributed by atoms with Gasteiger partial charge in [-0.1, -0.05) is 39.8 Å². The largest absolute Gasteiger partial charge is 0.377 e. The minimum absolute atomic E-state index is 0.0187. The molecular formula is C17H27BrN2. The zero-order valence-electron chi connectivity index (χ0n) is 13.1. The van der Waals surface area contributed by atoms with Crippen LogP contribution in [0.2, 0.25) is 0 Å². The van der Waals surface area contributed by atoms with Crippen molar-refractivity contribution in [1.29, 1.82) is 0 Å². The molecule has 0 atom stereocenters. The number of rotatable bonds is 3. The number of anilines is 1. The van der Waals surface area contributed by atoms with E-state index in [0.29, 0.717) is 17.4 Å². The average molecular weight is 339 g/mol. The van der Waals surface area contributed by atoms with E-state index in [1.165, 1.54) is 6.42 Å². The van der Waals surface area contributed by atoms with Gasteiger partial charge in [-0.3, -0.25) is 0 Å². The van der Waals surface area contributed by atoms with Gasteiger partial charge in [0.2, 0.25) is 0 Å². The van der Waals surface area contributed by atoms with Crippen molar-refractivity contribution in [2.45, 2.75) is 52.5 Å². The molecule has 0 radical (unpaired) electrons. The Bertz CT molecular complexity index is 464. The predicted octanol–water partition coefficient (Wildman–Crippen LogP) is 4.79. The first-order chi connectivity index (χ1) is 9.17. The molecule has 0 unspecified atom stereocenters. The van der Waals surface area contributed by atoms with Gasteiger partial charge in [0.05, 0.1) is 5.54 Å². The summed E-state index contributed by atoms with van der Waals surface area (Å²) in [7, 11) is 0. The molecule has 3 N–H and O–H groups in total. The van der Waals surface area contributed by atoms with E-state index in [0.717, 1.165) is 23.0 Å². The Hall–Kier alpha value is -0.540. The summed E-state index contributed by atoms with van der Waals surface area (Å²) in [5, 5.41) is 3.75. The second-order valence-corrected chi connectivity index (χ2v) is 8.80. The van der Waals surface area contributed by atoms with E-state index in [9.17, 15) is 0 Å². The summed E-state index contributed by atoms with van der Waals surface area (Å²) >= 11 is 3.63. The standard InChI is InChI=1S/C17H27BrN2/c1-15(2)9-16(3,4)11-17(10-15,12-19)20-14-8-6-5-7-13(14)18/h5-8,20H,9-12,19H2,1-4H3. The van der Waals surface area contributed by atoms with Crippen LogP contribution in [0.4, 0.5) is 5.69 Å². The molecule has 112 valence electrons. The Morgan fingerprint density at radius 1 is 1.05 bits per heavy atom. The summed E-state index contributed by atoms with van der Waals surface area (Å²) < 4.78 is 1.11. The molecule has 2 nitrogen and oxygen atoms in total. The Kier molecular flexibility index (Phi) is 4.23. The van der Waals surface area contributed by atoms with E-state index in [4.69, 9.17) is 5.73 Å². The lowest BCUT2D eigenvalue weighted by Gasteiger charge is -2.52. The fraction of sp³-hybridized carbons (Fsp3) is 0.647. The lowest BCUT2D eigenvalue weighted by atomic mass is 9.58. The first-order valence-corrected chi connectivity index (χ1v) is 8.19. The van der Waals surface area contributed by atoms with Gasteiger partial charge in [-0.05, 0) is 58.2 Å². The predicted molar refractivity (Wildman–Crippen MR) is 91.0 cm³/mol. The molecule has 0 aliphatic heterocycles. The molecule has 2 rings (SSSR count). The second kappa shape index (κ2) is 5.34. The highest BCUT2D eigenvalue weighted by atomic mass is 79.9. The molecule has 0 heterocycles. The summed E-state index contributed by atoms with van der Waals surface area (Å²) in [5.41, 5.74) is 7.96. The third-order valence-electron chi connectivity index (χ3n) is 4.26. The van der Waals surface area contributed by atoms with Crippen LogP contribution in [-0.4, -0.2) is 12.1 Å². The highest BCUT2D eigenvalue weighted by molar-refractivity contribution is 9.10. The SMILES string of the molecule is CC1(C)CC(C)(C)CC(CN)(Nc2ccccc2Br)C1. The van der Waals surface area contributed by atoms with Crippen molar-refractivity contribution < 1.29 is 0 Å². The summed E-state index contributed by atoms with van der Waals surface area (Å²) in [6.45, 7) is 10.1. The summed E-state index contributed by atoms with van der Waals surface area (Å²) in [4.78, 5) is 0. The van der Waals surface area contributed by atoms with E-state index in [1.54, 1.807) is 0 Å². The van der Waals surface area contributed by atoms with Crippen LogP contribution < -0.4 is 11.1 Å². The molecule has 0 saturated heterocycles. The monoisotopic (exact) mass is 338 g/mol. The number of para-hydroxylation sites is 1. The number of nitrogens with one attached hydrogen (secondary N) is 1. The van der Waals surface area contributed by atoms with Crippen molar-refractivity contribution in [1.82, 2.24) is 0 Å². The Balaban J connectivity index is 2.31. The fourth-order valence-electron chi connectivity index (χ4n) is 4.45. The highest BCUT2D eigenvalue weighted by Gasteiger charge is 2.46. The molecule has 20 heavy (non-hydrogen) atoms. The minimum atomic E-state index is -0.0187. The third-order valence-corrected chi connectivity index (χ3v) is 4.95. The normalized spacial score (nSPS) is 23.3. The molecule has 3 heteroatoms. The summed E-state index contributed by atoms with van der Waals surface area (Å²) in [6.07, 6.45) is 3.47. The Morgan fingerprint density at radius 2 is 1.60 bits per heavy atom. The van der Waals surface area contributed by atoms with Crippen LogP contribution in [0.5, 0.6) is 0 Å². The highest BCUT2D eigenvalue weighted by Crippen LogP contribution is 2.51. The van der Waals surface area contributed by atoms with E-state index < -0.39 is 0 Å². The Morgan fingerprint density at radius 3 is 2.10 bits per heavy atom. The van der Waals surface area contributed by atoms with E-state index in [1.807, 2.05) is 6.07 Å². The third kappa shape index (κ3) is 3.56. The van der Waals surface area contributed by atoms with Crippen LogP contribution in [0.25, 0.3) is 0 Å². The fourth-order valence-corrected chi connectivity index (χ4v) is 4.83. The van der Waals surface area contributed by atoms with Gasteiger partial charge >= 0.3 is 0 Å². The van der Waals surface area contributed by atoms with Gasteiger partial charge in [-0.25, -0.2) is 0 Å². The number of hydrogen-bond acceptors (Lipinski definition) is 2. The van der Waals surface area contributed by atoms with Crippen LogP contribution >= 0.6 is 15.9 Å². The molecule has 1 aliphatic carbocycles. The summed E-state index contributed by atoms with van der Waals surface area (Å²) in [5.74, 6) is 0. The number of halogens is 1. The maximum Gasteiger partial charge on any atom is 0.0506 e. The van der Waals surface area contributed by atoms with Crippen LogP contribution in [0, 0.1) is 10.8 Å². The van der Waals surface area contributed by atoms with Crippen LogP contribution in [0.1, 0.15) is 47.0 Å². The van der Waals surface area contributed by atoms with Crippen molar-refractivity contribution >= 4 is 21.6 Å². The van der Waals surface area contributed by atoms with Gasteiger partial charge in [0, 0.05) is 16.7 Å². The van der Waals surface area contributed by atoms with Crippen LogP contribution in [0.15, 0.2) is 28.7 Å². The van der Waals surface area contributed by atoms with Crippen LogP contribution in [-0.2, 0) is 0 Å². The lowest BCUT2D eigenvalue weighted by molar-refractivity contribution is 0.0622. The summed E-state index contributed by atoms with van der Waals surface area (Å²) in [6, 6.07) is 8.30. The van der Waals surface area contributed by atoms with E-state index in [2.05, 4.69) is 67.1 Å². The molecule has 0 amide bonds. The zero-order chi connectivity index (χ0) is 15.0. The first-order valence-electron chi connectivity index (χ1n) is 7.40. The Labute approximate surface area is 131 Å². The van der Waals surface area contributed by atoms with E-state index in [-0.39, 0.29) is 5.54 Å². The quantitative estimate of drug-likeness (QED) is 0.830. The molecule has 1 aromatic carbocycles. The van der Waals surface area contributed by atoms with Gasteiger partial charge in [0.25, 0.3) is 0 Å². The minimum Gasteiger partial charge on any atom is -0.377 e. The molecular weight excluding hydrogens is 312 g/mol. The van der Waals surface area contributed by atoms with Crippen LogP contribution in [0.3, 0.4) is 0 Å². The van der Waals surface area contributed by atoms with Gasteiger partial charge in [0.1, 0.15) is 0 Å². The molecule has 1 aliphatic rings. The van der Waals surface area contributed by atoms with Crippen molar-refractivity contribution in [3.63, 3.8) is 0 Å². The number of nitrogens with two attached hydrogens (primary N) is 1. The zero-order valence-corrected chi connectivity index (χ0v) is 14.7. The van der Waals surface area contributed by atoms with Crippen molar-refractivity contribution in [2.75, 3.05) is 11.9 Å². The maximum atomic E-state index is 6.20. The van der Waals surface area contributed by atoms with Gasteiger partial charge in [0.15, 0.2) is 0 Å². The van der Waals surface area contributed by atoms with Gasteiger partial charge in [-0.2, -0.15) is 0 Å². The van der Waals surface area contributed by atoms with Crippen molar-refractivity contribution in [3.8, 4) is 0 Å². The van der Waals surface area contributed by atoms with Crippen molar-refractivity contribution in [3.05, 3.63) is 28.7 Å². The number of benzene rings is 1. The molecule has 0 bridgehead atoms. The number of hydrogen-bond donors (Lipinski definition) is 2.